The van der Waals surface area contributed by atoms with Crippen LogP contribution in [0, 0.1) is 0 Å². The molecule has 0 fully saturated rings. The number of nitrogens with one attached hydrogen (secondary N) is 1. The van der Waals surface area contributed by atoms with Gasteiger partial charge < -0.3 is 23.9 Å². The number of carbonyl (C=O) groups is 1. The standard InChI is InChI=1S/C19H17NO6/c1-23-14-6-4-3-5-13(14)20-18(21)11-25-17-10-15-12(9-16(17)24-2)7-8-19(22)26-15/h3-10H,11H2,1-2H3,(H,20,21). The Bertz CT molecular complexity index is 995. The Morgan fingerprint density at radius 1 is 1.00 bits per heavy atom. The first-order chi connectivity index (χ1) is 12.6. The minimum absolute atomic E-state index is 0.253. The average molecular weight is 355 g/mol. The molecule has 1 heterocycles. The van der Waals surface area contributed by atoms with E-state index in [2.05, 4.69) is 5.32 Å². The fraction of sp³-hybridized carbons (Fsp3) is 0.158. The maximum absolute atomic E-state index is 12.2. The molecule has 0 atom stereocenters. The molecular weight excluding hydrogens is 338 g/mol. The Morgan fingerprint density at radius 3 is 2.54 bits per heavy atom. The van der Waals surface area contributed by atoms with Gasteiger partial charge in [0.2, 0.25) is 0 Å². The van der Waals surface area contributed by atoms with Crippen molar-refractivity contribution in [3.8, 4) is 17.2 Å². The van der Waals surface area contributed by atoms with Crippen LogP contribution in [0.3, 0.4) is 0 Å². The molecule has 0 saturated carbocycles. The van der Waals surface area contributed by atoms with Crippen LogP contribution in [0.1, 0.15) is 0 Å². The molecule has 0 radical (unpaired) electrons. The van der Waals surface area contributed by atoms with Crippen LogP contribution in [0.5, 0.6) is 17.2 Å². The van der Waals surface area contributed by atoms with Gasteiger partial charge in [0.25, 0.3) is 5.91 Å². The van der Waals surface area contributed by atoms with E-state index in [1.165, 1.54) is 26.4 Å². The van der Waals surface area contributed by atoms with Gasteiger partial charge in [-0.05, 0) is 24.3 Å². The number of fused-ring (bicyclic) bond motifs is 1. The lowest BCUT2D eigenvalue weighted by atomic mass is 10.2. The molecule has 0 spiro atoms. The summed E-state index contributed by atoms with van der Waals surface area (Å²) in [7, 11) is 3.01. The molecule has 0 aliphatic heterocycles. The molecule has 7 heteroatoms. The first kappa shape index (κ1) is 17.3. The Labute approximate surface area is 149 Å². The van der Waals surface area contributed by atoms with E-state index in [1.807, 2.05) is 0 Å². The van der Waals surface area contributed by atoms with E-state index in [0.29, 0.717) is 33.9 Å². The first-order valence-corrected chi connectivity index (χ1v) is 7.78. The van der Waals surface area contributed by atoms with Crippen molar-refractivity contribution in [3.05, 3.63) is 59.0 Å². The number of anilines is 1. The van der Waals surface area contributed by atoms with Crippen LogP contribution in [-0.2, 0) is 4.79 Å². The van der Waals surface area contributed by atoms with Crippen LogP contribution < -0.4 is 25.2 Å². The molecule has 134 valence electrons. The van der Waals surface area contributed by atoms with Gasteiger partial charge in [0.1, 0.15) is 11.3 Å². The van der Waals surface area contributed by atoms with Gasteiger partial charge in [-0.3, -0.25) is 4.79 Å². The summed E-state index contributed by atoms with van der Waals surface area (Å²) in [5.41, 5.74) is 0.418. The van der Waals surface area contributed by atoms with E-state index in [-0.39, 0.29) is 12.5 Å². The lowest BCUT2D eigenvalue weighted by Crippen LogP contribution is -2.20. The van der Waals surface area contributed by atoms with Crippen LogP contribution in [0.25, 0.3) is 11.0 Å². The van der Waals surface area contributed by atoms with Crippen LogP contribution >= 0.6 is 0 Å². The Morgan fingerprint density at radius 2 is 1.77 bits per heavy atom. The van der Waals surface area contributed by atoms with E-state index >= 15 is 0 Å². The number of amides is 1. The molecule has 0 unspecified atom stereocenters. The predicted molar refractivity (Wildman–Crippen MR) is 96.2 cm³/mol. The molecule has 0 aliphatic carbocycles. The highest BCUT2D eigenvalue weighted by atomic mass is 16.5. The van der Waals surface area contributed by atoms with Crippen molar-refractivity contribution < 1.29 is 23.4 Å². The number of rotatable bonds is 6. The fourth-order valence-corrected chi connectivity index (χ4v) is 2.43. The molecule has 7 nitrogen and oxygen atoms in total. The van der Waals surface area contributed by atoms with Gasteiger partial charge in [0, 0.05) is 17.5 Å². The monoisotopic (exact) mass is 355 g/mol. The second-order valence-corrected chi connectivity index (χ2v) is 5.33. The molecule has 3 rings (SSSR count). The molecular formula is C19H17NO6. The van der Waals surface area contributed by atoms with Gasteiger partial charge in [-0.1, -0.05) is 12.1 Å². The number of methoxy groups -OCH3 is 2. The summed E-state index contributed by atoms with van der Waals surface area (Å²) < 4.78 is 21.1. The number of para-hydroxylation sites is 2. The van der Waals surface area contributed by atoms with Crippen LogP contribution in [0.15, 0.2) is 57.7 Å². The zero-order valence-corrected chi connectivity index (χ0v) is 14.3. The molecule has 3 aromatic rings. The quantitative estimate of drug-likeness (QED) is 0.684. The van der Waals surface area contributed by atoms with Crippen LogP contribution in [0.2, 0.25) is 0 Å². The third-order valence-corrected chi connectivity index (χ3v) is 3.65. The third-order valence-electron chi connectivity index (χ3n) is 3.65. The van der Waals surface area contributed by atoms with Gasteiger partial charge in [-0.2, -0.15) is 0 Å². The SMILES string of the molecule is COc1ccccc1NC(=O)COc1cc2oc(=O)ccc2cc1OC. The molecule has 0 saturated heterocycles. The molecule has 0 bridgehead atoms. The van der Waals surface area contributed by atoms with Crippen LogP contribution in [-0.4, -0.2) is 26.7 Å². The van der Waals surface area contributed by atoms with Crippen molar-refractivity contribution in [3.63, 3.8) is 0 Å². The van der Waals surface area contributed by atoms with E-state index in [9.17, 15) is 9.59 Å². The van der Waals surface area contributed by atoms with Gasteiger partial charge in [-0.15, -0.1) is 0 Å². The first-order valence-electron chi connectivity index (χ1n) is 7.78. The summed E-state index contributed by atoms with van der Waals surface area (Å²) in [6, 6.07) is 13.2. The maximum atomic E-state index is 12.2. The van der Waals surface area contributed by atoms with Gasteiger partial charge in [0.05, 0.1) is 19.9 Å². The highest BCUT2D eigenvalue weighted by Crippen LogP contribution is 2.32. The van der Waals surface area contributed by atoms with E-state index < -0.39 is 5.63 Å². The number of ether oxygens (including phenoxy) is 3. The van der Waals surface area contributed by atoms with Crippen molar-refractivity contribution in [2.24, 2.45) is 0 Å². The second kappa shape index (κ2) is 7.60. The molecule has 2 aromatic carbocycles. The highest BCUT2D eigenvalue weighted by Gasteiger charge is 2.12. The fourth-order valence-electron chi connectivity index (χ4n) is 2.43. The van der Waals surface area contributed by atoms with Crippen molar-refractivity contribution in [2.45, 2.75) is 0 Å². The largest absolute Gasteiger partial charge is 0.495 e. The second-order valence-electron chi connectivity index (χ2n) is 5.33. The molecule has 1 aromatic heterocycles. The Balaban J connectivity index is 1.76. The minimum atomic E-state index is -0.470. The van der Waals surface area contributed by atoms with Crippen molar-refractivity contribution in [1.82, 2.24) is 0 Å². The summed E-state index contributed by atoms with van der Waals surface area (Å²) >= 11 is 0. The summed E-state index contributed by atoms with van der Waals surface area (Å²) in [6.45, 7) is -0.253. The number of hydrogen-bond donors (Lipinski definition) is 1. The Kier molecular flexibility index (Phi) is 5.07. The molecule has 1 amide bonds. The zero-order chi connectivity index (χ0) is 18.5. The zero-order valence-electron chi connectivity index (χ0n) is 14.3. The van der Waals surface area contributed by atoms with Crippen molar-refractivity contribution in [2.75, 3.05) is 26.1 Å². The lowest BCUT2D eigenvalue weighted by Gasteiger charge is -2.13. The van der Waals surface area contributed by atoms with Gasteiger partial charge in [0.15, 0.2) is 18.1 Å². The third kappa shape index (κ3) is 3.77. The molecule has 1 N–H and O–H groups in total. The maximum Gasteiger partial charge on any atom is 0.336 e. The summed E-state index contributed by atoms with van der Waals surface area (Å²) in [6.07, 6.45) is 0. The number of carbonyl (C=O) groups excluding carboxylic acids is 1. The summed E-state index contributed by atoms with van der Waals surface area (Å²) in [5.74, 6) is 0.901. The van der Waals surface area contributed by atoms with E-state index in [0.717, 1.165) is 0 Å². The van der Waals surface area contributed by atoms with Crippen molar-refractivity contribution >= 4 is 22.6 Å². The molecule has 0 aliphatic rings. The van der Waals surface area contributed by atoms with Gasteiger partial charge in [-0.25, -0.2) is 4.79 Å². The Hall–Kier alpha value is -3.48. The molecule has 26 heavy (non-hydrogen) atoms. The normalized spacial score (nSPS) is 10.4. The van der Waals surface area contributed by atoms with E-state index in [1.54, 1.807) is 36.4 Å². The smallest absolute Gasteiger partial charge is 0.336 e. The average Bonchev–Trinajstić information content (AvgIpc) is 2.66. The van der Waals surface area contributed by atoms with E-state index in [4.69, 9.17) is 18.6 Å². The minimum Gasteiger partial charge on any atom is -0.495 e. The predicted octanol–water partition coefficient (Wildman–Crippen LogP) is 2.83. The number of benzene rings is 2. The van der Waals surface area contributed by atoms with Crippen molar-refractivity contribution in [1.29, 1.82) is 0 Å². The summed E-state index contributed by atoms with van der Waals surface area (Å²) in [4.78, 5) is 23.5. The van der Waals surface area contributed by atoms with Crippen LogP contribution in [0.4, 0.5) is 5.69 Å². The van der Waals surface area contributed by atoms with Gasteiger partial charge >= 0.3 is 5.63 Å². The number of hydrogen-bond acceptors (Lipinski definition) is 6. The summed E-state index contributed by atoms with van der Waals surface area (Å²) in [5, 5.41) is 3.40. The highest BCUT2D eigenvalue weighted by molar-refractivity contribution is 5.93. The lowest BCUT2D eigenvalue weighted by molar-refractivity contribution is -0.118. The topological polar surface area (TPSA) is 87.0 Å².